The number of nitrogens with one attached hydrogen (secondary N) is 2. The fraction of sp³-hybridized carbons (Fsp3) is 0.381. The van der Waals surface area contributed by atoms with Gasteiger partial charge in [0.1, 0.15) is 0 Å². The van der Waals surface area contributed by atoms with E-state index < -0.39 is 0 Å². The minimum Gasteiger partial charge on any atom is -0.356 e. The second-order valence-corrected chi connectivity index (χ2v) is 6.50. The van der Waals surface area contributed by atoms with Crippen LogP contribution < -0.4 is 10.6 Å². The molecule has 0 saturated carbocycles. The smallest absolute Gasteiger partial charge is 0.191 e. The monoisotopic (exact) mass is 338 g/mol. The first kappa shape index (κ1) is 19.0. The van der Waals surface area contributed by atoms with Crippen molar-refractivity contribution in [1.29, 1.82) is 0 Å². The van der Waals surface area contributed by atoms with E-state index in [1.165, 1.54) is 16.7 Å². The number of guanidine groups is 1. The van der Waals surface area contributed by atoms with Crippen LogP contribution in [0.25, 0.3) is 0 Å². The van der Waals surface area contributed by atoms with Gasteiger partial charge in [0.15, 0.2) is 5.96 Å². The second kappa shape index (κ2) is 10.5. The molecule has 0 saturated heterocycles. The van der Waals surface area contributed by atoms with Crippen LogP contribution in [-0.4, -0.2) is 38.5 Å². The molecule has 0 atom stereocenters. The van der Waals surface area contributed by atoms with Crippen molar-refractivity contribution in [2.75, 3.05) is 27.7 Å². The first-order valence-corrected chi connectivity index (χ1v) is 8.88. The van der Waals surface area contributed by atoms with E-state index in [2.05, 4.69) is 89.2 Å². The number of hydrogen-bond donors (Lipinski definition) is 2. The van der Waals surface area contributed by atoms with Crippen LogP contribution in [-0.2, 0) is 19.5 Å². The lowest BCUT2D eigenvalue weighted by atomic mass is 10.1. The minimum absolute atomic E-state index is 0.778. The minimum atomic E-state index is 0.778. The lowest BCUT2D eigenvalue weighted by Gasteiger charge is -2.13. The van der Waals surface area contributed by atoms with Crippen LogP contribution in [0.2, 0.25) is 0 Å². The summed E-state index contributed by atoms with van der Waals surface area (Å²) in [5.74, 6) is 0.852. The van der Waals surface area contributed by atoms with Crippen molar-refractivity contribution in [3.63, 3.8) is 0 Å². The molecule has 0 spiro atoms. The Balaban J connectivity index is 1.69. The highest BCUT2D eigenvalue weighted by Gasteiger charge is 2.00. The van der Waals surface area contributed by atoms with Crippen LogP contribution in [0.4, 0.5) is 0 Å². The molecule has 0 radical (unpaired) electrons. The Morgan fingerprint density at radius 1 is 0.880 bits per heavy atom. The molecule has 2 aromatic rings. The molecule has 0 aliphatic heterocycles. The first-order chi connectivity index (χ1) is 12.2. The highest BCUT2D eigenvalue weighted by atomic mass is 15.2. The zero-order chi connectivity index (χ0) is 17.9. The van der Waals surface area contributed by atoms with Gasteiger partial charge in [0.25, 0.3) is 0 Å². The van der Waals surface area contributed by atoms with Crippen molar-refractivity contribution in [3.05, 3.63) is 71.3 Å². The van der Waals surface area contributed by atoms with Crippen molar-refractivity contribution in [2.45, 2.75) is 25.9 Å². The van der Waals surface area contributed by atoms with Gasteiger partial charge in [-0.25, -0.2) is 0 Å². The molecule has 4 nitrogen and oxygen atoms in total. The molecule has 4 heteroatoms. The molecule has 0 unspecified atom stereocenters. The molecule has 0 amide bonds. The fourth-order valence-electron chi connectivity index (χ4n) is 2.68. The van der Waals surface area contributed by atoms with Crippen molar-refractivity contribution in [2.24, 2.45) is 4.99 Å². The Kier molecular flexibility index (Phi) is 7.99. The quantitative estimate of drug-likeness (QED) is 0.441. The maximum absolute atomic E-state index is 4.29. The maximum atomic E-state index is 4.29. The average Bonchev–Trinajstić information content (AvgIpc) is 2.63. The SMILES string of the molecule is CN=C(NCCCc1ccccc1)NCc1ccc(CN(C)C)cc1. The summed E-state index contributed by atoms with van der Waals surface area (Å²) < 4.78 is 0. The van der Waals surface area contributed by atoms with Crippen LogP contribution in [0.1, 0.15) is 23.1 Å². The van der Waals surface area contributed by atoms with Gasteiger partial charge < -0.3 is 15.5 Å². The highest BCUT2D eigenvalue weighted by molar-refractivity contribution is 5.79. The van der Waals surface area contributed by atoms with E-state index in [9.17, 15) is 0 Å². The van der Waals surface area contributed by atoms with E-state index in [1.54, 1.807) is 0 Å². The van der Waals surface area contributed by atoms with Crippen molar-refractivity contribution >= 4 is 5.96 Å². The molecule has 2 N–H and O–H groups in total. The highest BCUT2D eigenvalue weighted by Crippen LogP contribution is 2.06. The molecule has 2 aromatic carbocycles. The molecule has 25 heavy (non-hydrogen) atoms. The van der Waals surface area contributed by atoms with E-state index in [1.807, 2.05) is 7.05 Å². The van der Waals surface area contributed by atoms with E-state index in [0.29, 0.717) is 0 Å². The summed E-state index contributed by atoms with van der Waals surface area (Å²) in [5, 5.41) is 6.75. The van der Waals surface area contributed by atoms with E-state index in [4.69, 9.17) is 0 Å². The average molecular weight is 338 g/mol. The van der Waals surface area contributed by atoms with Gasteiger partial charge in [-0.15, -0.1) is 0 Å². The van der Waals surface area contributed by atoms with Gasteiger partial charge in [-0.3, -0.25) is 4.99 Å². The third kappa shape index (κ3) is 7.40. The number of hydrogen-bond acceptors (Lipinski definition) is 2. The second-order valence-electron chi connectivity index (χ2n) is 6.50. The van der Waals surface area contributed by atoms with E-state index in [-0.39, 0.29) is 0 Å². The lowest BCUT2D eigenvalue weighted by Crippen LogP contribution is -2.37. The van der Waals surface area contributed by atoms with Crippen LogP contribution in [0.3, 0.4) is 0 Å². The Bertz CT molecular complexity index is 633. The van der Waals surface area contributed by atoms with Gasteiger partial charge in [-0.1, -0.05) is 54.6 Å². The zero-order valence-corrected chi connectivity index (χ0v) is 15.6. The number of aryl methyl sites for hydroxylation is 1. The van der Waals surface area contributed by atoms with Crippen LogP contribution in [0.15, 0.2) is 59.6 Å². The molecule has 0 fully saturated rings. The van der Waals surface area contributed by atoms with Crippen molar-refractivity contribution in [1.82, 2.24) is 15.5 Å². The predicted octanol–water partition coefficient (Wildman–Crippen LogP) is 3.05. The number of rotatable bonds is 8. The van der Waals surface area contributed by atoms with Gasteiger partial charge >= 0.3 is 0 Å². The largest absolute Gasteiger partial charge is 0.356 e. The van der Waals surface area contributed by atoms with Gasteiger partial charge in [0, 0.05) is 26.7 Å². The number of benzene rings is 2. The third-order valence-corrected chi connectivity index (χ3v) is 3.98. The van der Waals surface area contributed by atoms with Gasteiger partial charge in [0.2, 0.25) is 0 Å². The molecular weight excluding hydrogens is 308 g/mol. The molecule has 0 aliphatic carbocycles. The summed E-state index contributed by atoms with van der Waals surface area (Å²) in [6.45, 7) is 2.66. The Morgan fingerprint density at radius 2 is 1.56 bits per heavy atom. The predicted molar refractivity (Wildman–Crippen MR) is 107 cm³/mol. The fourth-order valence-corrected chi connectivity index (χ4v) is 2.68. The molecule has 0 heterocycles. The first-order valence-electron chi connectivity index (χ1n) is 8.88. The summed E-state index contributed by atoms with van der Waals surface area (Å²) in [6.07, 6.45) is 2.17. The normalized spacial score (nSPS) is 11.6. The van der Waals surface area contributed by atoms with Crippen LogP contribution in [0.5, 0.6) is 0 Å². The summed E-state index contributed by atoms with van der Waals surface area (Å²) in [5.41, 5.74) is 3.97. The third-order valence-electron chi connectivity index (χ3n) is 3.98. The summed E-state index contributed by atoms with van der Waals surface area (Å²) in [4.78, 5) is 6.47. The van der Waals surface area contributed by atoms with Crippen molar-refractivity contribution < 1.29 is 0 Å². The van der Waals surface area contributed by atoms with E-state index in [0.717, 1.165) is 38.4 Å². The Labute approximate surface area is 152 Å². The summed E-state index contributed by atoms with van der Waals surface area (Å²) in [6, 6.07) is 19.3. The van der Waals surface area contributed by atoms with Crippen molar-refractivity contribution in [3.8, 4) is 0 Å². The van der Waals surface area contributed by atoms with Crippen LogP contribution in [0, 0.1) is 0 Å². The van der Waals surface area contributed by atoms with Gasteiger partial charge in [-0.05, 0) is 43.6 Å². The molecular formula is C21H30N4. The lowest BCUT2D eigenvalue weighted by molar-refractivity contribution is 0.402. The Morgan fingerprint density at radius 3 is 2.20 bits per heavy atom. The van der Waals surface area contributed by atoms with E-state index >= 15 is 0 Å². The summed E-state index contributed by atoms with van der Waals surface area (Å²) in [7, 11) is 5.98. The van der Waals surface area contributed by atoms with Gasteiger partial charge in [-0.2, -0.15) is 0 Å². The maximum Gasteiger partial charge on any atom is 0.191 e. The van der Waals surface area contributed by atoms with Crippen LogP contribution >= 0.6 is 0 Å². The molecule has 134 valence electrons. The standard InChI is InChI=1S/C21H30N4/c1-22-21(23-15-7-10-18-8-5-4-6-9-18)24-16-19-11-13-20(14-12-19)17-25(2)3/h4-6,8-9,11-14H,7,10,15-17H2,1-3H3,(H2,22,23,24). The topological polar surface area (TPSA) is 39.7 Å². The summed E-state index contributed by atoms with van der Waals surface area (Å²) >= 11 is 0. The molecule has 0 bridgehead atoms. The number of aliphatic imine (C=N–C) groups is 1. The molecule has 0 aromatic heterocycles. The molecule has 0 aliphatic rings. The zero-order valence-electron chi connectivity index (χ0n) is 15.6. The molecule has 2 rings (SSSR count). The Hall–Kier alpha value is -2.33. The number of nitrogens with zero attached hydrogens (tertiary/aromatic N) is 2. The van der Waals surface area contributed by atoms with Gasteiger partial charge in [0.05, 0.1) is 0 Å².